The van der Waals surface area contributed by atoms with Crippen LogP contribution >= 0.6 is 0 Å². The zero-order chi connectivity index (χ0) is 11.5. The van der Waals surface area contributed by atoms with E-state index in [4.69, 9.17) is 0 Å². The lowest BCUT2D eigenvalue weighted by molar-refractivity contribution is 0.224. The molecule has 0 radical (unpaired) electrons. The van der Waals surface area contributed by atoms with Crippen LogP contribution in [0.15, 0.2) is 0 Å². The summed E-state index contributed by atoms with van der Waals surface area (Å²) < 4.78 is 25.2. The smallest absolute Gasteiger partial charge is 0.208 e. The van der Waals surface area contributed by atoms with Crippen LogP contribution in [0.3, 0.4) is 0 Å². The van der Waals surface area contributed by atoms with Crippen LogP contribution in [0.4, 0.5) is 0 Å². The molecule has 0 saturated heterocycles. The minimum absolute atomic E-state index is 0.135. The van der Waals surface area contributed by atoms with Crippen LogP contribution in [-0.4, -0.2) is 46.3 Å². The summed E-state index contributed by atoms with van der Waals surface area (Å²) in [7, 11) is 1.01. The van der Waals surface area contributed by atoms with Crippen LogP contribution in [0.5, 0.6) is 0 Å². The van der Waals surface area contributed by atoms with E-state index in [2.05, 4.69) is 9.62 Å². The minimum Gasteiger partial charge on any atom is -0.309 e. The summed E-state index contributed by atoms with van der Waals surface area (Å²) in [4.78, 5) is 2.13. The third kappa shape index (κ3) is 4.95. The Labute approximate surface area is 93.1 Å². The Morgan fingerprint density at radius 2 is 1.87 bits per heavy atom. The monoisotopic (exact) mass is 234 g/mol. The van der Waals surface area contributed by atoms with E-state index in [9.17, 15) is 8.42 Å². The van der Waals surface area contributed by atoms with E-state index in [0.717, 1.165) is 25.8 Å². The fourth-order valence-corrected chi connectivity index (χ4v) is 3.19. The summed E-state index contributed by atoms with van der Waals surface area (Å²) in [5, 5.41) is 0. The molecule has 0 unspecified atom stereocenters. The Kier molecular flexibility index (Phi) is 4.55. The molecule has 1 rings (SSSR count). The topological polar surface area (TPSA) is 49.4 Å². The van der Waals surface area contributed by atoms with Crippen molar-refractivity contribution < 1.29 is 8.42 Å². The highest BCUT2D eigenvalue weighted by Crippen LogP contribution is 2.25. The molecule has 0 aromatic rings. The summed E-state index contributed by atoms with van der Waals surface area (Å²) in [6.45, 7) is 0.965. The molecule has 0 heterocycles. The average Bonchev–Trinajstić information content (AvgIpc) is 2.05. The summed E-state index contributed by atoms with van der Waals surface area (Å²) in [6.07, 6.45) is 5.71. The van der Waals surface area contributed by atoms with Crippen molar-refractivity contribution in [2.24, 2.45) is 5.92 Å². The third-order valence-electron chi connectivity index (χ3n) is 2.87. The Morgan fingerprint density at radius 3 is 2.40 bits per heavy atom. The SMILES string of the molecule is CN(C)C[C@@H]1CCCC[C@@H]1NS(C)(=O)=O. The van der Waals surface area contributed by atoms with Gasteiger partial charge in [-0.2, -0.15) is 0 Å². The fraction of sp³-hybridized carbons (Fsp3) is 1.00. The van der Waals surface area contributed by atoms with Gasteiger partial charge in [0.05, 0.1) is 6.26 Å². The predicted molar refractivity (Wildman–Crippen MR) is 62.3 cm³/mol. The first-order valence-electron chi connectivity index (χ1n) is 5.50. The summed E-state index contributed by atoms with van der Waals surface area (Å²) in [5.74, 6) is 0.462. The normalized spacial score (nSPS) is 28.3. The van der Waals surface area contributed by atoms with Gasteiger partial charge in [0.15, 0.2) is 0 Å². The van der Waals surface area contributed by atoms with Crippen molar-refractivity contribution in [3.05, 3.63) is 0 Å². The highest BCUT2D eigenvalue weighted by molar-refractivity contribution is 7.88. The van der Waals surface area contributed by atoms with Crippen molar-refractivity contribution in [3.63, 3.8) is 0 Å². The highest BCUT2D eigenvalue weighted by Gasteiger charge is 2.27. The van der Waals surface area contributed by atoms with Crippen molar-refractivity contribution in [1.29, 1.82) is 0 Å². The number of hydrogen-bond acceptors (Lipinski definition) is 3. The molecule has 1 saturated carbocycles. The highest BCUT2D eigenvalue weighted by atomic mass is 32.2. The second-order valence-corrected chi connectivity index (χ2v) is 6.58. The quantitative estimate of drug-likeness (QED) is 0.777. The molecule has 0 spiro atoms. The summed E-state index contributed by atoms with van der Waals surface area (Å²) in [6, 6.07) is 0.135. The van der Waals surface area contributed by atoms with Crippen molar-refractivity contribution in [1.82, 2.24) is 9.62 Å². The number of rotatable bonds is 4. The molecule has 0 aromatic heterocycles. The molecule has 4 nitrogen and oxygen atoms in total. The van der Waals surface area contributed by atoms with E-state index < -0.39 is 10.0 Å². The van der Waals surface area contributed by atoms with E-state index in [1.54, 1.807) is 0 Å². The first-order valence-corrected chi connectivity index (χ1v) is 7.39. The molecule has 0 amide bonds. The third-order valence-corrected chi connectivity index (χ3v) is 3.61. The number of nitrogens with zero attached hydrogens (tertiary/aromatic N) is 1. The van der Waals surface area contributed by atoms with Gasteiger partial charge in [0.25, 0.3) is 0 Å². The molecular weight excluding hydrogens is 212 g/mol. The molecule has 0 aromatic carbocycles. The van der Waals surface area contributed by atoms with Crippen LogP contribution in [0, 0.1) is 5.92 Å². The molecule has 1 aliphatic carbocycles. The number of sulfonamides is 1. The zero-order valence-corrected chi connectivity index (χ0v) is 10.7. The summed E-state index contributed by atoms with van der Waals surface area (Å²) in [5.41, 5.74) is 0. The largest absolute Gasteiger partial charge is 0.309 e. The van der Waals surface area contributed by atoms with Gasteiger partial charge in [-0.25, -0.2) is 13.1 Å². The first-order chi connectivity index (χ1) is 6.88. The van der Waals surface area contributed by atoms with Crippen LogP contribution < -0.4 is 4.72 Å². The van der Waals surface area contributed by atoms with Gasteiger partial charge in [-0.1, -0.05) is 12.8 Å². The lowest BCUT2D eigenvalue weighted by Gasteiger charge is -2.33. The summed E-state index contributed by atoms with van der Waals surface area (Å²) >= 11 is 0. The van der Waals surface area contributed by atoms with Crippen LogP contribution in [-0.2, 0) is 10.0 Å². The lowest BCUT2D eigenvalue weighted by atomic mass is 9.85. The minimum atomic E-state index is -3.06. The van der Waals surface area contributed by atoms with Crippen molar-refractivity contribution in [3.8, 4) is 0 Å². The lowest BCUT2D eigenvalue weighted by Crippen LogP contribution is -2.44. The first kappa shape index (κ1) is 12.9. The van der Waals surface area contributed by atoms with Gasteiger partial charge in [0.1, 0.15) is 0 Å². The molecule has 1 aliphatic rings. The molecule has 90 valence electrons. The van der Waals surface area contributed by atoms with E-state index >= 15 is 0 Å². The Bertz CT molecular complexity index is 288. The molecule has 15 heavy (non-hydrogen) atoms. The standard InChI is InChI=1S/C10H22N2O2S/c1-12(2)8-9-6-4-5-7-10(9)11-15(3,13)14/h9-11H,4-8H2,1-3H3/t9-,10-/m0/s1. The van der Waals surface area contributed by atoms with Gasteiger partial charge in [-0.05, 0) is 32.9 Å². The molecule has 0 aliphatic heterocycles. The second kappa shape index (κ2) is 5.27. The van der Waals surface area contributed by atoms with Crippen molar-refractivity contribution >= 4 is 10.0 Å². The average molecular weight is 234 g/mol. The van der Waals surface area contributed by atoms with Crippen LogP contribution in [0.2, 0.25) is 0 Å². The van der Waals surface area contributed by atoms with Gasteiger partial charge >= 0.3 is 0 Å². The molecule has 2 atom stereocenters. The maximum atomic E-state index is 11.2. The van der Waals surface area contributed by atoms with Crippen LogP contribution in [0.25, 0.3) is 0 Å². The maximum Gasteiger partial charge on any atom is 0.208 e. The van der Waals surface area contributed by atoms with E-state index in [0.29, 0.717) is 5.92 Å². The molecule has 1 fully saturated rings. The Morgan fingerprint density at radius 1 is 1.27 bits per heavy atom. The maximum absolute atomic E-state index is 11.2. The van der Waals surface area contributed by atoms with Crippen LogP contribution in [0.1, 0.15) is 25.7 Å². The Balaban J connectivity index is 2.57. The number of hydrogen-bond donors (Lipinski definition) is 1. The van der Waals surface area contributed by atoms with Crippen molar-refractivity contribution in [2.45, 2.75) is 31.7 Å². The zero-order valence-electron chi connectivity index (χ0n) is 9.86. The van der Waals surface area contributed by atoms with Gasteiger partial charge in [0.2, 0.25) is 10.0 Å². The molecular formula is C10H22N2O2S. The van der Waals surface area contributed by atoms with E-state index in [1.165, 1.54) is 12.7 Å². The molecule has 0 bridgehead atoms. The Hall–Kier alpha value is -0.130. The van der Waals surface area contributed by atoms with E-state index in [1.807, 2.05) is 14.1 Å². The van der Waals surface area contributed by atoms with Gasteiger partial charge in [-0.3, -0.25) is 0 Å². The van der Waals surface area contributed by atoms with E-state index in [-0.39, 0.29) is 6.04 Å². The van der Waals surface area contributed by atoms with Gasteiger partial charge in [-0.15, -0.1) is 0 Å². The van der Waals surface area contributed by atoms with Gasteiger partial charge < -0.3 is 4.90 Å². The van der Waals surface area contributed by atoms with Crippen molar-refractivity contribution in [2.75, 3.05) is 26.9 Å². The second-order valence-electron chi connectivity index (χ2n) is 4.80. The fourth-order valence-electron chi connectivity index (χ4n) is 2.33. The predicted octanol–water partition coefficient (Wildman–Crippen LogP) is 0.656. The molecule has 5 heteroatoms. The number of nitrogens with one attached hydrogen (secondary N) is 1. The molecule has 1 N–H and O–H groups in total. The van der Waals surface area contributed by atoms with Gasteiger partial charge in [0, 0.05) is 12.6 Å².